The zero-order valence-corrected chi connectivity index (χ0v) is 11.2. The maximum Gasteiger partial charge on any atom is 0.255 e. The summed E-state index contributed by atoms with van der Waals surface area (Å²) in [5.41, 5.74) is 1.18. The smallest absolute Gasteiger partial charge is 0.255 e. The number of aliphatic hydroxyl groups excluding tert-OH is 2. The molecule has 2 aromatic heterocycles. The van der Waals surface area contributed by atoms with Crippen molar-refractivity contribution in [1.82, 2.24) is 9.97 Å². The third-order valence-electron chi connectivity index (χ3n) is 2.88. The first kappa shape index (κ1) is 15.2. The van der Waals surface area contributed by atoms with Crippen LogP contribution in [0.5, 0.6) is 0 Å². The molecular weight excluding hydrogens is 286 g/mol. The first-order valence-corrected chi connectivity index (χ1v) is 6.18. The van der Waals surface area contributed by atoms with Crippen molar-refractivity contribution in [2.75, 3.05) is 11.9 Å². The van der Waals surface area contributed by atoms with Gasteiger partial charge in [0.1, 0.15) is 23.4 Å². The number of allylic oxidation sites excluding steroid dienone is 1. The fourth-order valence-corrected chi connectivity index (χ4v) is 1.84. The van der Waals surface area contributed by atoms with Gasteiger partial charge in [-0.25, -0.2) is 4.98 Å². The molecule has 110 valence electrons. The highest BCUT2D eigenvalue weighted by molar-refractivity contribution is 6.05. The van der Waals surface area contributed by atoms with Crippen LogP contribution in [0.1, 0.15) is 5.56 Å². The molecule has 0 bridgehead atoms. The van der Waals surface area contributed by atoms with Gasteiger partial charge >= 0.3 is 0 Å². The van der Waals surface area contributed by atoms with Crippen LogP contribution in [0, 0.1) is 22.7 Å². The number of fused-ring (bicyclic) bond motifs is 1. The Kier molecular flexibility index (Phi) is 4.49. The van der Waals surface area contributed by atoms with Crippen molar-refractivity contribution in [2.24, 2.45) is 0 Å². The molecule has 0 saturated carbocycles. The highest BCUT2D eigenvalue weighted by Gasteiger charge is 2.16. The largest absolute Gasteiger partial charge is 0.393 e. The van der Waals surface area contributed by atoms with Gasteiger partial charge < -0.3 is 20.5 Å². The Morgan fingerprint density at radius 2 is 2.23 bits per heavy atom. The summed E-state index contributed by atoms with van der Waals surface area (Å²) in [4.78, 5) is 18.6. The number of hydrogen-bond donors (Lipinski definition) is 4. The molecule has 0 aromatic carbocycles. The Balaban J connectivity index is 2.51. The van der Waals surface area contributed by atoms with Gasteiger partial charge in [0.25, 0.3) is 5.91 Å². The van der Waals surface area contributed by atoms with Gasteiger partial charge in [-0.1, -0.05) is 0 Å². The van der Waals surface area contributed by atoms with Crippen LogP contribution in [-0.2, 0) is 4.79 Å². The standard InChI is InChI=1S/C14H11N5O3/c15-4-8(5-16)3-9-6-18-13-12(9)10(1-2-17-13)19-14(22)11(21)7-20/h1-3,6,11,20-21H,7H2,(H2,17,18,19,22). The van der Waals surface area contributed by atoms with Gasteiger partial charge in [0.05, 0.1) is 12.3 Å². The van der Waals surface area contributed by atoms with E-state index in [1.54, 1.807) is 18.3 Å². The molecule has 1 unspecified atom stereocenters. The molecule has 0 fully saturated rings. The second kappa shape index (κ2) is 6.50. The fraction of sp³-hybridized carbons (Fsp3) is 0.143. The van der Waals surface area contributed by atoms with Crippen molar-refractivity contribution >= 4 is 28.7 Å². The van der Waals surface area contributed by atoms with Crippen molar-refractivity contribution < 1.29 is 15.0 Å². The van der Waals surface area contributed by atoms with E-state index in [-0.39, 0.29) is 5.57 Å². The lowest BCUT2D eigenvalue weighted by Crippen LogP contribution is -2.30. The van der Waals surface area contributed by atoms with Gasteiger partial charge in [0.2, 0.25) is 0 Å². The Bertz CT molecular complexity index is 809. The second-order valence-corrected chi connectivity index (χ2v) is 4.30. The molecule has 0 radical (unpaired) electrons. The maximum atomic E-state index is 11.7. The van der Waals surface area contributed by atoms with Crippen LogP contribution < -0.4 is 5.32 Å². The van der Waals surface area contributed by atoms with Crippen molar-refractivity contribution in [2.45, 2.75) is 6.10 Å². The number of aromatic amines is 1. The van der Waals surface area contributed by atoms with Crippen molar-refractivity contribution in [3.05, 3.63) is 29.6 Å². The molecule has 8 nitrogen and oxygen atoms in total. The predicted octanol–water partition coefficient (Wildman–Crippen LogP) is 0.285. The number of aliphatic hydroxyl groups is 2. The van der Waals surface area contributed by atoms with Crippen LogP contribution in [-0.4, -0.2) is 38.8 Å². The molecule has 1 amide bonds. The van der Waals surface area contributed by atoms with Gasteiger partial charge in [0, 0.05) is 23.3 Å². The lowest BCUT2D eigenvalue weighted by atomic mass is 10.1. The van der Waals surface area contributed by atoms with Crippen molar-refractivity contribution in [3.8, 4) is 12.1 Å². The normalized spacial score (nSPS) is 11.3. The quantitative estimate of drug-likeness (QED) is 0.596. The van der Waals surface area contributed by atoms with Gasteiger partial charge in [0.15, 0.2) is 6.10 Å². The maximum absolute atomic E-state index is 11.7. The van der Waals surface area contributed by atoms with Crippen LogP contribution in [0.25, 0.3) is 17.1 Å². The van der Waals surface area contributed by atoms with E-state index in [1.165, 1.54) is 18.3 Å². The first-order chi connectivity index (χ1) is 10.6. The Morgan fingerprint density at radius 3 is 2.86 bits per heavy atom. The van der Waals surface area contributed by atoms with E-state index in [4.69, 9.17) is 15.6 Å². The number of carbonyl (C=O) groups excluding carboxylic acids is 1. The number of nitrogens with one attached hydrogen (secondary N) is 2. The summed E-state index contributed by atoms with van der Waals surface area (Å²) in [7, 11) is 0. The predicted molar refractivity (Wildman–Crippen MR) is 77.0 cm³/mol. The monoisotopic (exact) mass is 297 g/mol. The highest BCUT2D eigenvalue weighted by Crippen LogP contribution is 2.27. The number of aromatic nitrogens is 2. The van der Waals surface area contributed by atoms with E-state index in [9.17, 15) is 9.90 Å². The fourth-order valence-electron chi connectivity index (χ4n) is 1.84. The third-order valence-corrected chi connectivity index (χ3v) is 2.88. The van der Waals surface area contributed by atoms with E-state index in [1.807, 2.05) is 0 Å². The van der Waals surface area contributed by atoms with Crippen molar-refractivity contribution in [1.29, 1.82) is 10.5 Å². The van der Waals surface area contributed by atoms with Crippen LogP contribution in [0.2, 0.25) is 0 Å². The summed E-state index contributed by atoms with van der Waals surface area (Å²) < 4.78 is 0. The lowest BCUT2D eigenvalue weighted by Gasteiger charge is -2.10. The van der Waals surface area contributed by atoms with Crippen LogP contribution >= 0.6 is 0 Å². The number of nitriles is 2. The molecule has 22 heavy (non-hydrogen) atoms. The summed E-state index contributed by atoms with van der Waals surface area (Å²) in [5.74, 6) is -0.771. The number of H-pyrrole nitrogens is 1. The number of amides is 1. The summed E-state index contributed by atoms with van der Waals surface area (Å²) in [6, 6.07) is 5.00. The highest BCUT2D eigenvalue weighted by atomic mass is 16.3. The van der Waals surface area contributed by atoms with E-state index in [0.29, 0.717) is 22.3 Å². The lowest BCUT2D eigenvalue weighted by molar-refractivity contribution is -0.125. The Labute approximate surface area is 124 Å². The molecule has 2 rings (SSSR count). The average molecular weight is 297 g/mol. The van der Waals surface area contributed by atoms with Gasteiger partial charge in [-0.15, -0.1) is 0 Å². The number of carbonyl (C=O) groups is 1. The average Bonchev–Trinajstić information content (AvgIpc) is 2.95. The number of anilines is 1. The molecule has 1 atom stereocenters. The second-order valence-electron chi connectivity index (χ2n) is 4.30. The zero-order valence-electron chi connectivity index (χ0n) is 11.2. The van der Waals surface area contributed by atoms with Crippen LogP contribution in [0.15, 0.2) is 24.0 Å². The minimum absolute atomic E-state index is 0.0996. The van der Waals surface area contributed by atoms with Crippen molar-refractivity contribution in [3.63, 3.8) is 0 Å². The number of pyridine rings is 1. The van der Waals surface area contributed by atoms with Gasteiger partial charge in [-0.05, 0) is 12.1 Å². The molecule has 0 spiro atoms. The third kappa shape index (κ3) is 2.94. The molecule has 0 aliphatic carbocycles. The van der Waals surface area contributed by atoms with E-state index in [2.05, 4.69) is 15.3 Å². The molecule has 8 heteroatoms. The topological polar surface area (TPSA) is 146 Å². The number of nitrogens with zero attached hydrogens (tertiary/aromatic N) is 3. The van der Waals surface area contributed by atoms with E-state index >= 15 is 0 Å². The molecule has 4 N–H and O–H groups in total. The summed E-state index contributed by atoms with van der Waals surface area (Å²) >= 11 is 0. The number of hydrogen-bond acceptors (Lipinski definition) is 6. The summed E-state index contributed by atoms with van der Waals surface area (Å²) in [6.45, 7) is -0.701. The Morgan fingerprint density at radius 1 is 1.50 bits per heavy atom. The van der Waals surface area contributed by atoms with Crippen LogP contribution in [0.4, 0.5) is 5.69 Å². The first-order valence-electron chi connectivity index (χ1n) is 6.18. The molecule has 2 aromatic rings. The van der Waals surface area contributed by atoms with E-state index in [0.717, 1.165) is 0 Å². The minimum atomic E-state index is -1.55. The van der Waals surface area contributed by atoms with Gasteiger partial charge in [-0.2, -0.15) is 10.5 Å². The molecule has 0 aliphatic rings. The zero-order chi connectivity index (χ0) is 16.1. The minimum Gasteiger partial charge on any atom is -0.393 e. The summed E-state index contributed by atoms with van der Waals surface area (Å²) in [6.07, 6.45) is 2.81. The number of rotatable bonds is 4. The van der Waals surface area contributed by atoms with E-state index < -0.39 is 18.6 Å². The molecular formula is C14H11N5O3. The molecule has 0 aliphatic heterocycles. The molecule has 2 heterocycles. The SMILES string of the molecule is N#CC(C#N)=Cc1c[nH]c2nccc(NC(=O)C(O)CO)c12. The molecule has 0 saturated heterocycles. The summed E-state index contributed by atoms with van der Waals surface area (Å²) in [5, 5.41) is 38.7. The Hall–Kier alpha value is -3.20. The van der Waals surface area contributed by atoms with Gasteiger partial charge in [-0.3, -0.25) is 4.79 Å². The van der Waals surface area contributed by atoms with Crippen LogP contribution in [0.3, 0.4) is 0 Å².